The maximum Gasteiger partial charge on any atom is 0.419 e. The summed E-state index contributed by atoms with van der Waals surface area (Å²) in [5.74, 6) is -1.20. The molecule has 1 N–H and O–H groups in total. The third kappa shape index (κ3) is 7.18. The summed E-state index contributed by atoms with van der Waals surface area (Å²) in [6.45, 7) is 9.01. The number of alkyl halides is 3. The van der Waals surface area contributed by atoms with Crippen LogP contribution in [0.1, 0.15) is 61.5 Å². The van der Waals surface area contributed by atoms with E-state index in [1.54, 1.807) is 17.8 Å². The minimum absolute atomic E-state index is 0.0160. The van der Waals surface area contributed by atoms with Crippen LogP contribution in [0.3, 0.4) is 0 Å². The SMILES string of the molecule is CC(C)(C)OC(=O)N1CCC2(CCN(c3cc(C=O)cn4ncnc34)CC2)C1.CNCc1cccc(C(F)(F)F)c1F. The van der Waals surface area contributed by atoms with Gasteiger partial charge in [0.05, 0.1) is 11.3 Å². The van der Waals surface area contributed by atoms with E-state index in [1.807, 2.05) is 31.7 Å². The zero-order valence-corrected chi connectivity index (χ0v) is 24.2. The molecule has 0 radical (unpaired) electrons. The lowest BCUT2D eigenvalue weighted by Crippen LogP contribution is -2.43. The van der Waals surface area contributed by atoms with Gasteiger partial charge in [0, 0.05) is 50.0 Å². The van der Waals surface area contributed by atoms with Gasteiger partial charge in [0.25, 0.3) is 0 Å². The lowest BCUT2D eigenvalue weighted by Gasteiger charge is -2.40. The van der Waals surface area contributed by atoms with Gasteiger partial charge in [-0.05, 0) is 64.6 Å². The molecule has 2 aromatic heterocycles. The average molecular weight is 593 g/mol. The van der Waals surface area contributed by atoms with Crippen LogP contribution < -0.4 is 10.2 Å². The van der Waals surface area contributed by atoms with Gasteiger partial charge in [-0.2, -0.15) is 18.3 Å². The van der Waals surface area contributed by atoms with Crippen LogP contribution in [0.4, 0.5) is 28.0 Å². The Morgan fingerprint density at radius 2 is 1.83 bits per heavy atom. The Hall–Kier alpha value is -3.74. The molecule has 3 aromatic rings. The number of aldehydes is 1. The molecule has 0 unspecified atom stereocenters. The number of halogens is 4. The monoisotopic (exact) mass is 592 g/mol. The number of hydrogen-bond donors (Lipinski definition) is 1. The summed E-state index contributed by atoms with van der Waals surface area (Å²) < 4.78 is 57.0. The van der Waals surface area contributed by atoms with E-state index in [-0.39, 0.29) is 23.6 Å². The molecule has 228 valence electrons. The van der Waals surface area contributed by atoms with Crippen molar-refractivity contribution in [3.8, 4) is 0 Å². The van der Waals surface area contributed by atoms with Crippen LogP contribution in [-0.2, 0) is 17.5 Å². The van der Waals surface area contributed by atoms with Gasteiger partial charge < -0.3 is 19.9 Å². The van der Waals surface area contributed by atoms with Crippen molar-refractivity contribution in [2.45, 2.75) is 58.4 Å². The Kier molecular flexibility index (Phi) is 9.09. The molecule has 2 aliphatic rings. The minimum atomic E-state index is -4.63. The Morgan fingerprint density at radius 1 is 1.14 bits per heavy atom. The van der Waals surface area contributed by atoms with E-state index >= 15 is 0 Å². The van der Waals surface area contributed by atoms with Crippen molar-refractivity contribution in [3.05, 3.63) is 59.3 Å². The number of fused-ring (bicyclic) bond motifs is 1. The number of pyridine rings is 1. The van der Waals surface area contributed by atoms with E-state index < -0.39 is 23.2 Å². The van der Waals surface area contributed by atoms with Crippen LogP contribution in [0.15, 0.2) is 36.8 Å². The molecule has 9 nitrogen and oxygen atoms in total. The maximum absolute atomic E-state index is 13.2. The number of anilines is 1. The lowest BCUT2D eigenvalue weighted by molar-refractivity contribution is -0.140. The van der Waals surface area contributed by atoms with Crippen molar-refractivity contribution in [2.24, 2.45) is 5.41 Å². The summed E-state index contributed by atoms with van der Waals surface area (Å²) in [5, 5.41) is 6.77. The van der Waals surface area contributed by atoms with Crippen molar-refractivity contribution in [3.63, 3.8) is 0 Å². The van der Waals surface area contributed by atoms with Gasteiger partial charge in [-0.15, -0.1) is 0 Å². The molecule has 1 aromatic carbocycles. The van der Waals surface area contributed by atoms with Crippen LogP contribution in [-0.4, -0.2) is 70.7 Å². The highest BCUT2D eigenvalue weighted by Crippen LogP contribution is 2.42. The van der Waals surface area contributed by atoms with Crippen LogP contribution in [0.5, 0.6) is 0 Å². The fourth-order valence-corrected chi connectivity index (χ4v) is 5.40. The van der Waals surface area contributed by atoms with Gasteiger partial charge in [0.15, 0.2) is 11.9 Å². The first kappa shape index (κ1) is 31.2. The molecule has 2 fully saturated rings. The lowest BCUT2D eigenvalue weighted by atomic mass is 9.77. The predicted molar refractivity (Wildman–Crippen MR) is 149 cm³/mol. The van der Waals surface area contributed by atoms with E-state index in [0.717, 1.165) is 69.1 Å². The summed E-state index contributed by atoms with van der Waals surface area (Å²) in [7, 11) is 1.54. The number of rotatable bonds is 4. The van der Waals surface area contributed by atoms with E-state index in [4.69, 9.17) is 4.74 Å². The predicted octanol–water partition coefficient (Wildman–Crippen LogP) is 5.33. The van der Waals surface area contributed by atoms with Gasteiger partial charge in [0.1, 0.15) is 17.7 Å². The quantitative estimate of drug-likeness (QED) is 0.323. The second kappa shape index (κ2) is 12.2. The number of likely N-dealkylation sites (tertiary alicyclic amines) is 1. The van der Waals surface area contributed by atoms with Crippen molar-refractivity contribution in [1.82, 2.24) is 24.8 Å². The number of carbonyl (C=O) groups excluding carboxylic acids is 2. The molecule has 2 aliphatic heterocycles. The fraction of sp³-hybridized carbons (Fsp3) is 0.517. The van der Waals surface area contributed by atoms with Crippen molar-refractivity contribution in [1.29, 1.82) is 0 Å². The van der Waals surface area contributed by atoms with Gasteiger partial charge in [-0.3, -0.25) is 4.79 Å². The molecular formula is C29H36F4N6O3. The van der Waals surface area contributed by atoms with E-state index in [9.17, 15) is 27.2 Å². The summed E-state index contributed by atoms with van der Waals surface area (Å²) >= 11 is 0. The van der Waals surface area contributed by atoms with Crippen molar-refractivity contribution < 1.29 is 31.9 Å². The van der Waals surface area contributed by atoms with Crippen molar-refractivity contribution in [2.75, 3.05) is 38.1 Å². The molecule has 2 saturated heterocycles. The van der Waals surface area contributed by atoms with Crippen LogP contribution in [0, 0.1) is 11.2 Å². The normalized spacial score (nSPS) is 16.9. The molecule has 42 heavy (non-hydrogen) atoms. The number of nitrogens with zero attached hydrogens (tertiary/aromatic N) is 5. The number of nitrogens with one attached hydrogen (secondary N) is 1. The highest BCUT2D eigenvalue weighted by Gasteiger charge is 2.43. The number of piperidine rings is 1. The summed E-state index contributed by atoms with van der Waals surface area (Å²) in [5.41, 5.74) is 0.781. The number of amides is 1. The highest BCUT2D eigenvalue weighted by molar-refractivity contribution is 5.81. The zero-order valence-electron chi connectivity index (χ0n) is 24.2. The summed E-state index contributed by atoms with van der Waals surface area (Å²) in [6, 6.07) is 5.13. The van der Waals surface area contributed by atoms with E-state index in [1.165, 1.54) is 18.5 Å². The van der Waals surface area contributed by atoms with E-state index in [0.29, 0.717) is 5.56 Å². The molecule has 0 saturated carbocycles. The van der Waals surface area contributed by atoms with Crippen molar-refractivity contribution >= 4 is 23.7 Å². The number of ether oxygens (including phenoxy) is 1. The molecular weight excluding hydrogens is 556 g/mol. The molecule has 0 atom stereocenters. The Balaban J connectivity index is 0.000000244. The minimum Gasteiger partial charge on any atom is -0.444 e. The van der Waals surface area contributed by atoms with Gasteiger partial charge in [-0.1, -0.05) is 12.1 Å². The molecule has 0 aliphatic carbocycles. The second-order valence-electron chi connectivity index (χ2n) is 11.8. The summed E-state index contributed by atoms with van der Waals surface area (Å²) in [6.07, 6.45) is 2.20. The van der Waals surface area contributed by atoms with Crippen LogP contribution in [0.2, 0.25) is 0 Å². The molecule has 0 bridgehead atoms. The third-order valence-electron chi connectivity index (χ3n) is 7.52. The second-order valence-corrected chi connectivity index (χ2v) is 11.8. The molecule has 1 amide bonds. The third-order valence-corrected chi connectivity index (χ3v) is 7.52. The first-order valence-electron chi connectivity index (χ1n) is 13.8. The highest BCUT2D eigenvalue weighted by atomic mass is 19.4. The number of aromatic nitrogens is 3. The smallest absolute Gasteiger partial charge is 0.419 e. The topological polar surface area (TPSA) is 92.1 Å². The van der Waals surface area contributed by atoms with Gasteiger partial charge in [0.2, 0.25) is 0 Å². The van der Waals surface area contributed by atoms with Gasteiger partial charge in [-0.25, -0.2) is 18.7 Å². The standard InChI is InChI=1S/C20H27N5O3.C9H9F4N/c1-19(2,3)28-18(27)24-9-6-20(13-24)4-7-23(8-5-20)16-10-15(12-26)11-25-17(16)21-14-22-25;1-14-5-6-3-2-4-7(8(6)10)9(11,12)13/h10-12,14H,4-9,13H2,1-3H3;2-4,14H,5H2,1H3. The average Bonchev–Trinajstić information content (AvgIpc) is 3.56. The summed E-state index contributed by atoms with van der Waals surface area (Å²) in [4.78, 5) is 32.2. The van der Waals surface area contributed by atoms with Crippen LogP contribution >= 0.6 is 0 Å². The maximum atomic E-state index is 13.2. The number of hydrogen-bond acceptors (Lipinski definition) is 7. The largest absolute Gasteiger partial charge is 0.444 e. The Bertz CT molecular complexity index is 1410. The van der Waals surface area contributed by atoms with E-state index in [2.05, 4.69) is 20.3 Å². The number of benzene rings is 1. The first-order valence-corrected chi connectivity index (χ1v) is 13.8. The first-order chi connectivity index (χ1) is 19.7. The fourth-order valence-electron chi connectivity index (χ4n) is 5.40. The Labute approximate surface area is 241 Å². The molecule has 1 spiro atoms. The number of carbonyl (C=O) groups is 2. The Morgan fingerprint density at radius 3 is 2.45 bits per heavy atom. The molecule has 5 rings (SSSR count). The van der Waals surface area contributed by atoms with Gasteiger partial charge >= 0.3 is 12.3 Å². The molecule has 13 heteroatoms. The zero-order chi connectivity index (χ0) is 30.7. The molecule has 4 heterocycles. The van der Waals surface area contributed by atoms with Crippen LogP contribution in [0.25, 0.3) is 5.65 Å².